The number of fused-ring (bicyclic) bond motifs is 1. The Kier molecular flexibility index (Phi) is 4.45. The lowest BCUT2D eigenvalue weighted by molar-refractivity contribution is -0.128. The van der Waals surface area contributed by atoms with Gasteiger partial charge in [-0.15, -0.1) is 0 Å². The second kappa shape index (κ2) is 6.90. The first-order chi connectivity index (χ1) is 12.7. The number of aryl methyl sites for hydroxylation is 1. The highest BCUT2D eigenvalue weighted by molar-refractivity contribution is 5.78. The van der Waals surface area contributed by atoms with Crippen LogP contribution in [0.5, 0.6) is 0 Å². The molecule has 3 aromatic rings. The first-order valence-corrected chi connectivity index (χ1v) is 9.31. The van der Waals surface area contributed by atoms with E-state index in [1.807, 2.05) is 40.1 Å². The lowest BCUT2D eigenvalue weighted by atomic mass is 10.0. The molecule has 26 heavy (non-hydrogen) atoms. The Labute approximate surface area is 153 Å². The van der Waals surface area contributed by atoms with Gasteiger partial charge in [0, 0.05) is 36.5 Å². The van der Waals surface area contributed by atoms with Crippen LogP contribution in [0, 0.1) is 12.8 Å². The number of hydrogen-bond acceptors (Lipinski definition) is 3. The van der Waals surface area contributed by atoms with Crippen molar-refractivity contribution in [2.45, 2.75) is 39.7 Å². The average Bonchev–Trinajstić information content (AvgIpc) is 3.19. The van der Waals surface area contributed by atoms with Gasteiger partial charge in [0.1, 0.15) is 0 Å². The number of carbonyl (C=O) groups excluding carboxylic acids is 1. The van der Waals surface area contributed by atoms with Crippen molar-refractivity contribution in [3.05, 3.63) is 54.0 Å². The molecule has 5 nitrogen and oxygen atoms in total. The third kappa shape index (κ3) is 3.09. The molecule has 4 rings (SSSR count). The number of hydrogen-bond donors (Lipinski definition) is 0. The summed E-state index contributed by atoms with van der Waals surface area (Å²) in [5.74, 6) is 0.745. The van der Waals surface area contributed by atoms with Crippen LogP contribution >= 0.6 is 0 Å². The van der Waals surface area contributed by atoms with Gasteiger partial charge in [-0.2, -0.15) is 5.10 Å². The molecule has 1 unspecified atom stereocenters. The van der Waals surface area contributed by atoms with Crippen molar-refractivity contribution in [1.29, 1.82) is 0 Å². The normalized spacial score (nSPS) is 17.4. The van der Waals surface area contributed by atoms with E-state index in [2.05, 4.69) is 36.1 Å². The van der Waals surface area contributed by atoms with E-state index < -0.39 is 0 Å². The van der Waals surface area contributed by atoms with Crippen LogP contribution in [0.3, 0.4) is 0 Å². The Morgan fingerprint density at radius 2 is 2.08 bits per heavy atom. The number of benzene rings is 1. The maximum Gasteiger partial charge on any atom is 0.223 e. The molecule has 0 spiro atoms. The smallest absolute Gasteiger partial charge is 0.223 e. The summed E-state index contributed by atoms with van der Waals surface area (Å²) < 4.78 is 1.82. The third-order valence-electron chi connectivity index (χ3n) is 5.24. The summed E-state index contributed by atoms with van der Waals surface area (Å²) >= 11 is 0. The number of rotatable bonds is 5. The fourth-order valence-corrected chi connectivity index (χ4v) is 3.89. The molecule has 0 N–H and O–H groups in total. The van der Waals surface area contributed by atoms with E-state index in [1.165, 1.54) is 5.56 Å². The molecule has 0 bridgehead atoms. The lowest BCUT2D eigenvalue weighted by Gasteiger charge is -2.15. The zero-order valence-electron chi connectivity index (χ0n) is 15.4. The summed E-state index contributed by atoms with van der Waals surface area (Å²) in [6.07, 6.45) is 8.68. The van der Waals surface area contributed by atoms with Crippen LogP contribution < -0.4 is 0 Å². The molecule has 1 aliphatic rings. The van der Waals surface area contributed by atoms with Crippen LogP contribution in [0.15, 0.2) is 42.9 Å². The highest BCUT2D eigenvalue weighted by atomic mass is 16.2. The van der Waals surface area contributed by atoms with E-state index >= 15 is 0 Å². The number of amides is 1. The molecule has 0 radical (unpaired) electrons. The largest absolute Gasteiger partial charge is 0.338 e. The van der Waals surface area contributed by atoms with E-state index in [0.29, 0.717) is 18.9 Å². The second-order valence-corrected chi connectivity index (χ2v) is 7.23. The molecule has 2 aromatic heterocycles. The summed E-state index contributed by atoms with van der Waals surface area (Å²) in [5, 5.41) is 4.47. The Hall–Kier alpha value is -2.69. The summed E-state index contributed by atoms with van der Waals surface area (Å²) in [5.41, 5.74) is 5.26. The van der Waals surface area contributed by atoms with Gasteiger partial charge in [0.25, 0.3) is 0 Å². The van der Waals surface area contributed by atoms with Crippen molar-refractivity contribution in [2.24, 2.45) is 5.92 Å². The Morgan fingerprint density at radius 3 is 2.88 bits per heavy atom. The Morgan fingerprint density at radius 1 is 1.23 bits per heavy atom. The Balaban J connectivity index is 1.59. The quantitative estimate of drug-likeness (QED) is 0.704. The summed E-state index contributed by atoms with van der Waals surface area (Å²) in [4.78, 5) is 18.9. The topological polar surface area (TPSA) is 50.5 Å². The second-order valence-electron chi connectivity index (χ2n) is 7.23. The van der Waals surface area contributed by atoms with Gasteiger partial charge in [-0.3, -0.25) is 4.79 Å². The van der Waals surface area contributed by atoms with Crippen molar-refractivity contribution < 1.29 is 4.79 Å². The SMILES string of the molecule is CCCC1CC(=O)N(Cc2cnn3cc(-c4ccccc4C)cnc23)C1. The van der Waals surface area contributed by atoms with Gasteiger partial charge >= 0.3 is 0 Å². The molecule has 1 atom stereocenters. The van der Waals surface area contributed by atoms with E-state index in [4.69, 9.17) is 0 Å². The molecule has 1 amide bonds. The monoisotopic (exact) mass is 348 g/mol. The maximum atomic E-state index is 12.3. The summed E-state index contributed by atoms with van der Waals surface area (Å²) in [6.45, 7) is 5.72. The molecule has 1 aromatic carbocycles. The van der Waals surface area contributed by atoms with Gasteiger partial charge in [0.05, 0.1) is 12.7 Å². The van der Waals surface area contributed by atoms with E-state index in [1.54, 1.807) is 0 Å². The molecule has 3 heterocycles. The average molecular weight is 348 g/mol. The highest BCUT2D eigenvalue weighted by Crippen LogP contribution is 2.26. The van der Waals surface area contributed by atoms with Gasteiger partial charge in [0.2, 0.25) is 5.91 Å². The van der Waals surface area contributed by atoms with Crippen LogP contribution in [0.25, 0.3) is 16.8 Å². The zero-order chi connectivity index (χ0) is 18.1. The van der Waals surface area contributed by atoms with Crippen molar-refractivity contribution >= 4 is 11.6 Å². The summed E-state index contributed by atoms with van der Waals surface area (Å²) in [7, 11) is 0. The highest BCUT2D eigenvalue weighted by Gasteiger charge is 2.29. The molecular formula is C21H24N4O. The molecule has 0 saturated carbocycles. The van der Waals surface area contributed by atoms with Crippen molar-refractivity contribution in [1.82, 2.24) is 19.5 Å². The van der Waals surface area contributed by atoms with E-state index in [-0.39, 0.29) is 5.91 Å². The first-order valence-electron chi connectivity index (χ1n) is 9.31. The van der Waals surface area contributed by atoms with Gasteiger partial charge in [-0.25, -0.2) is 9.50 Å². The molecular weight excluding hydrogens is 324 g/mol. The molecule has 1 aliphatic heterocycles. The van der Waals surface area contributed by atoms with Crippen molar-refractivity contribution in [3.63, 3.8) is 0 Å². The van der Waals surface area contributed by atoms with Crippen molar-refractivity contribution in [2.75, 3.05) is 6.54 Å². The molecule has 134 valence electrons. The van der Waals surface area contributed by atoms with Gasteiger partial charge < -0.3 is 4.90 Å². The van der Waals surface area contributed by atoms with Gasteiger partial charge in [-0.1, -0.05) is 37.6 Å². The van der Waals surface area contributed by atoms with Crippen LogP contribution in [0.1, 0.15) is 37.3 Å². The fourth-order valence-electron chi connectivity index (χ4n) is 3.89. The van der Waals surface area contributed by atoms with Crippen LogP contribution in [0.4, 0.5) is 0 Å². The predicted molar refractivity (Wildman–Crippen MR) is 102 cm³/mol. The van der Waals surface area contributed by atoms with Gasteiger partial charge in [-0.05, 0) is 30.4 Å². The van der Waals surface area contributed by atoms with E-state index in [0.717, 1.165) is 41.7 Å². The molecule has 0 aliphatic carbocycles. The van der Waals surface area contributed by atoms with Gasteiger partial charge in [0.15, 0.2) is 5.65 Å². The zero-order valence-corrected chi connectivity index (χ0v) is 15.4. The minimum absolute atomic E-state index is 0.249. The number of nitrogens with zero attached hydrogens (tertiary/aromatic N) is 4. The first kappa shape index (κ1) is 16.8. The number of carbonyl (C=O) groups is 1. The molecule has 5 heteroatoms. The standard InChI is InChI=1S/C21H24N4O/c1-3-6-16-9-20(26)24(12-16)13-18-11-23-25-14-17(10-22-21(18)25)19-8-5-4-7-15(19)2/h4-5,7-8,10-11,14,16H,3,6,9,12-13H2,1-2H3. The molecule has 1 saturated heterocycles. The van der Waals surface area contributed by atoms with Crippen LogP contribution in [-0.4, -0.2) is 31.9 Å². The molecule has 1 fully saturated rings. The number of likely N-dealkylation sites (tertiary alicyclic amines) is 1. The van der Waals surface area contributed by atoms with Crippen LogP contribution in [0.2, 0.25) is 0 Å². The maximum absolute atomic E-state index is 12.3. The van der Waals surface area contributed by atoms with E-state index in [9.17, 15) is 4.79 Å². The van der Waals surface area contributed by atoms with Crippen molar-refractivity contribution in [3.8, 4) is 11.1 Å². The Bertz CT molecular complexity index is 946. The lowest BCUT2D eigenvalue weighted by Crippen LogP contribution is -2.24. The number of aromatic nitrogens is 3. The summed E-state index contributed by atoms with van der Waals surface area (Å²) in [6, 6.07) is 8.27. The minimum atomic E-state index is 0.249. The third-order valence-corrected chi connectivity index (χ3v) is 5.24. The minimum Gasteiger partial charge on any atom is -0.338 e. The predicted octanol–water partition coefficient (Wildman–Crippen LogP) is 3.85. The van der Waals surface area contributed by atoms with Crippen LogP contribution in [-0.2, 0) is 11.3 Å². The fraction of sp³-hybridized carbons (Fsp3) is 0.381.